The van der Waals surface area contributed by atoms with E-state index in [1.54, 1.807) is 13.1 Å². The number of H-pyrrole nitrogens is 1. The zero-order valence-corrected chi connectivity index (χ0v) is 11.9. The average molecular weight is 338 g/mol. The van der Waals surface area contributed by atoms with Crippen LogP contribution in [0.5, 0.6) is 11.6 Å². The Morgan fingerprint density at radius 2 is 2.20 bits per heavy atom. The number of hydrogen-bond acceptors (Lipinski definition) is 5. The van der Waals surface area contributed by atoms with Crippen molar-refractivity contribution in [1.82, 2.24) is 19.9 Å². The standard InChI is InChI=1S/C12H9BrFN5O/c1-15-12-18-10-9(16-5-17-10)11(19-12)20-8-3-2-6(13)4-7(8)14/h2-5H,1H3,(H2,15,16,17,18,19). The van der Waals surface area contributed by atoms with Crippen molar-refractivity contribution < 1.29 is 9.13 Å². The highest BCUT2D eigenvalue weighted by atomic mass is 79.9. The van der Waals surface area contributed by atoms with Crippen LogP contribution in [0.2, 0.25) is 0 Å². The first-order valence-corrected chi connectivity index (χ1v) is 6.48. The minimum atomic E-state index is -0.489. The van der Waals surface area contributed by atoms with Crippen LogP contribution in [0.15, 0.2) is 29.0 Å². The third-order valence-electron chi connectivity index (χ3n) is 2.58. The molecule has 0 fully saturated rings. The second kappa shape index (κ2) is 5.04. The summed E-state index contributed by atoms with van der Waals surface area (Å²) in [4.78, 5) is 15.2. The van der Waals surface area contributed by atoms with E-state index in [0.717, 1.165) is 0 Å². The molecule has 0 aliphatic carbocycles. The summed E-state index contributed by atoms with van der Waals surface area (Å²) in [7, 11) is 1.68. The van der Waals surface area contributed by atoms with Gasteiger partial charge in [0.05, 0.1) is 6.33 Å². The molecule has 0 aliphatic rings. The number of aromatic nitrogens is 4. The molecule has 3 rings (SSSR count). The average Bonchev–Trinajstić information content (AvgIpc) is 2.90. The van der Waals surface area contributed by atoms with Crippen molar-refractivity contribution in [3.05, 3.63) is 34.8 Å². The second-order valence-corrected chi connectivity index (χ2v) is 4.80. The van der Waals surface area contributed by atoms with Gasteiger partial charge in [-0.25, -0.2) is 9.37 Å². The van der Waals surface area contributed by atoms with Gasteiger partial charge in [-0.1, -0.05) is 15.9 Å². The second-order valence-electron chi connectivity index (χ2n) is 3.88. The lowest BCUT2D eigenvalue weighted by Gasteiger charge is -2.08. The zero-order valence-electron chi connectivity index (χ0n) is 10.3. The van der Waals surface area contributed by atoms with Crippen LogP contribution in [-0.4, -0.2) is 27.0 Å². The Morgan fingerprint density at radius 1 is 1.35 bits per heavy atom. The van der Waals surface area contributed by atoms with Gasteiger partial charge in [0.1, 0.15) is 5.52 Å². The normalized spacial score (nSPS) is 10.8. The molecular weight excluding hydrogens is 329 g/mol. The molecule has 0 amide bonds. The smallest absolute Gasteiger partial charge is 0.250 e. The van der Waals surface area contributed by atoms with Crippen LogP contribution in [0.3, 0.4) is 0 Å². The summed E-state index contributed by atoms with van der Waals surface area (Å²) in [6.45, 7) is 0. The maximum atomic E-state index is 13.8. The Kier molecular flexibility index (Phi) is 3.23. The van der Waals surface area contributed by atoms with Crippen molar-refractivity contribution in [1.29, 1.82) is 0 Å². The fourth-order valence-corrected chi connectivity index (χ4v) is 1.99. The van der Waals surface area contributed by atoms with E-state index >= 15 is 0 Å². The highest BCUT2D eigenvalue weighted by Crippen LogP contribution is 2.29. The van der Waals surface area contributed by atoms with Crippen LogP contribution >= 0.6 is 15.9 Å². The van der Waals surface area contributed by atoms with Gasteiger partial charge in [0.15, 0.2) is 17.2 Å². The van der Waals surface area contributed by atoms with Crippen molar-refractivity contribution in [2.24, 2.45) is 0 Å². The van der Waals surface area contributed by atoms with E-state index in [9.17, 15) is 4.39 Å². The Balaban J connectivity index is 2.07. The predicted octanol–water partition coefficient (Wildman–Crippen LogP) is 3.09. The summed E-state index contributed by atoms with van der Waals surface area (Å²) in [5.41, 5.74) is 0.947. The van der Waals surface area contributed by atoms with E-state index < -0.39 is 5.82 Å². The number of rotatable bonds is 3. The molecule has 3 aromatic rings. The first-order chi connectivity index (χ1) is 9.67. The Bertz CT molecular complexity index is 776. The molecular formula is C12H9BrFN5O. The minimum absolute atomic E-state index is 0.0739. The maximum Gasteiger partial charge on any atom is 0.250 e. The molecule has 2 N–H and O–H groups in total. The monoisotopic (exact) mass is 337 g/mol. The number of ether oxygens (including phenoxy) is 1. The first kappa shape index (κ1) is 12.8. The topological polar surface area (TPSA) is 75.7 Å². The Morgan fingerprint density at radius 3 is 2.95 bits per heavy atom. The molecule has 2 aromatic heterocycles. The number of anilines is 1. The number of hydrogen-bond donors (Lipinski definition) is 2. The number of aromatic amines is 1. The van der Waals surface area contributed by atoms with Gasteiger partial charge in [-0.3, -0.25) is 0 Å². The Labute approximate surface area is 121 Å². The fraction of sp³-hybridized carbons (Fsp3) is 0.0833. The number of imidazole rings is 1. The maximum absolute atomic E-state index is 13.8. The summed E-state index contributed by atoms with van der Waals surface area (Å²) in [6.07, 6.45) is 1.48. The van der Waals surface area contributed by atoms with E-state index in [-0.39, 0.29) is 11.6 Å². The molecule has 2 heterocycles. The minimum Gasteiger partial charge on any atom is -0.434 e. The SMILES string of the molecule is CNc1nc(Oc2ccc(Br)cc2F)c2[nH]cnc2n1. The third kappa shape index (κ3) is 2.29. The van der Waals surface area contributed by atoms with Crippen molar-refractivity contribution in [2.45, 2.75) is 0 Å². The molecule has 102 valence electrons. The van der Waals surface area contributed by atoms with Crippen LogP contribution < -0.4 is 10.1 Å². The quantitative estimate of drug-likeness (QED) is 0.768. The van der Waals surface area contributed by atoms with Gasteiger partial charge in [0, 0.05) is 11.5 Å². The van der Waals surface area contributed by atoms with E-state index in [1.165, 1.54) is 18.5 Å². The van der Waals surface area contributed by atoms with Crippen LogP contribution in [-0.2, 0) is 0 Å². The third-order valence-corrected chi connectivity index (χ3v) is 3.07. The van der Waals surface area contributed by atoms with Crippen molar-refractivity contribution in [2.75, 3.05) is 12.4 Å². The molecule has 0 saturated heterocycles. The highest BCUT2D eigenvalue weighted by Gasteiger charge is 2.13. The number of nitrogens with one attached hydrogen (secondary N) is 2. The number of halogens is 2. The van der Waals surface area contributed by atoms with Gasteiger partial charge in [-0.05, 0) is 18.2 Å². The van der Waals surface area contributed by atoms with Gasteiger partial charge in [-0.15, -0.1) is 0 Å². The molecule has 0 saturated carbocycles. The fourth-order valence-electron chi connectivity index (χ4n) is 1.65. The lowest BCUT2D eigenvalue weighted by Crippen LogP contribution is -2.00. The molecule has 1 aromatic carbocycles. The largest absolute Gasteiger partial charge is 0.434 e. The van der Waals surface area contributed by atoms with Crippen molar-refractivity contribution in [3.63, 3.8) is 0 Å². The number of benzene rings is 1. The molecule has 0 spiro atoms. The summed E-state index contributed by atoms with van der Waals surface area (Å²) in [6, 6.07) is 4.52. The molecule has 0 unspecified atom stereocenters. The molecule has 6 nitrogen and oxygen atoms in total. The van der Waals surface area contributed by atoms with Gasteiger partial charge >= 0.3 is 0 Å². The number of fused-ring (bicyclic) bond motifs is 1. The van der Waals surface area contributed by atoms with Crippen LogP contribution in [0.4, 0.5) is 10.3 Å². The molecule has 0 atom stereocenters. The van der Waals surface area contributed by atoms with Crippen LogP contribution in [0.1, 0.15) is 0 Å². The molecule has 0 radical (unpaired) electrons. The van der Waals surface area contributed by atoms with Crippen LogP contribution in [0, 0.1) is 5.82 Å². The van der Waals surface area contributed by atoms with E-state index in [0.29, 0.717) is 21.6 Å². The lowest BCUT2D eigenvalue weighted by atomic mass is 10.3. The zero-order chi connectivity index (χ0) is 14.1. The van der Waals surface area contributed by atoms with Crippen LogP contribution in [0.25, 0.3) is 11.2 Å². The Hall–Kier alpha value is -2.22. The molecule has 20 heavy (non-hydrogen) atoms. The van der Waals surface area contributed by atoms with E-state index in [1.807, 2.05) is 0 Å². The van der Waals surface area contributed by atoms with Crippen molar-refractivity contribution >= 4 is 33.0 Å². The van der Waals surface area contributed by atoms with Gasteiger partial charge in [0.25, 0.3) is 5.88 Å². The van der Waals surface area contributed by atoms with E-state index in [2.05, 4.69) is 41.2 Å². The highest BCUT2D eigenvalue weighted by molar-refractivity contribution is 9.10. The molecule has 0 aliphatic heterocycles. The van der Waals surface area contributed by atoms with Gasteiger partial charge < -0.3 is 15.0 Å². The van der Waals surface area contributed by atoms with E-state index in [4.69, 9.17) is 4.74 Å². The summed E-state index contributed by atoms with van der Waals surface area (Å²) in [5.74, 6) is 0.136. The van der Waals surface area contributed by atoms with Gasteiger partial charge in [-0.2, -0.15) is 9.97 Å². The summed E-state index contributed by atoms with van der Waals surface area (Å²) >= 11 is 3.19. The molecule has 0 bridgehead atoms. The molecule has 8 heteroatoms. The number of nitrogens with zero attached hydrogens (tertiary/aromatic N) is 3. The lowest BCUT2D eigenvalue weighted by molar-refractivity contribution is 0.431. The van der Waals surface area contributed by atoms with Crippen molar-refractivity contribution in [3.8, 4) is 11.6 Å². The predicted molar refractivity (Wildman–Crippen MR) is 75.4 cm³/mol. The first-order valence-electron chi connectivity index (χ1n) is 5.69. The van der Waals surface area contributed by atoms with Gasteiger partial charge in [0.2, 0.25) is 5.95 Å². The summed E-state index contributed by atoms with van der Waals surface area (Å²) in [5, 5.41) is 2.80. The summed E-state index contributed by atoms with van der Waals surface area (Å²) < 4.78 is 20.0.